The molecule has 4 nitrogen and oxygen atoms in total. The SMILES string of the molecule is CC[C@@H](C)NC(=O)[C@H](C)N(Cc1ccccc1Cl)C(=O)CSCc1c(Cl)cccc1Cl. The van der Waals surface area contributed by atoms with Crippen molar-refractivity contribution in [2.75, 3.05) is 5.75 Å². The van der Waals surface area contributed by atoms with Crippen LogP contribution in [0.1, 0.15) is 38.3 Å². The van der Waals surface area contributed by atoms with Gasteiger partial charge in [0.25, 0.3) is 0 Å². The Morgan fingerprint density at radius 1 is 1.00 bits per heavy atom. The number of hydrogen-bond acceptors (Lipinski definition) is 3. The lowest BCUT2D eigenvalue weighted by molar-refractivity contribution is -0.138. The van der Waals surface area contributed by atoms with E-state index in [4.69, 9.17) is 34.8 Å². The predicted molar refractivity (Wildman–Crippen MR) is 132 cm³/mol. The highest BCUT2D eigenvalue weighted by Gasteiger charge is 2.27. The van der Waals surface area contributed by atoms with E-state index in [9.17, 15) is 9.59 Å². The molecule has 0 bridgehead atoms. The van der Waals surface area contributed by atoms with Gasteiger partial charge in [-0.25, -0.2) is 0 Å². The van der Waals surface area contributed by atoms with Crippen LogP contribution in [-0.2, 0) is 21.9 Å². The van der Waals surface area contributed by atoms with Gasteiger partial charge in [-0.05, 0) is 49.6 Å². The summed E-state index contributed by atoms with van der Waals surface area (Å²) in [5.74, 6) is 0.346. The molecule has 8 heteroatoms. The molecule has 2 atom stereocenters. The largest absolute Gasteiger partial charge is 0.352 e. The molecule has 31 heavy (non-hydrogen) atoms. The first-order valence-electron chi connectivity index (χ1n) is 10.1. The number of carbonyl (C=O) groups is 2. The fourth-order valence-corrected chi connectivity index (χ4v) is 4.69. The highest BCUT2D eigenvalue weighted by atomic mass is 35.5. The lowest BCUT2D eigenvalue weighted by Crippen LogP contribution is -2.50. The highest BCUT2D eigenvalue weighted by Crippen LogP contribution is 2.28. The minimum Gasteiger partial charge on any atom is -0.352 e. The van der Waals surface area contributed by atoms with Gasteiger partial charge in [-0.2, -0.15) is 0 Å². The Labute approximate surface area is 203 Å². The number of rotatable bonds is 10. The normalized spacial score (nSPS) is 12.8. The summed E-state index contributed by atoms with van der Waals surface area (Å²) >= 11 is 20.2. The van der Waals surface area contributed by atoms with Crippen molar-refractivity contribution < 1.29 is 9.59 Å². The van der Waals surface area contributed by atoms with E-state index in [0.717, 1.165) is 17.5 Å². The standard InChI is InChI=1S/C23H27Cl3N2O2S/c1-4-15(2)27-23(30)16(3)28(12-17-8-5-6-9-19(17)24)22(29)14-31-13-18-20(25)10-7-11-21(18)26/h5-11,15-16H,4,12-14H2,1-3H3,(H,27,30)/t15-,16+/m1/s1. The van der Waals surface area contributed by atoms with Crippen molar-refractivity contribution in [3.8, 4) is 0 Å². The Balaban J connectivity index is 2.13. The summed E-state index contributed by atoms with van der Waals surface area (Å²) in [5, 5.41) is 4.66. The molecular weight excluding hydrogens is 475 g/mol. The second-order valence-electron chi connectivity index (χ2n) is 7.30. The van der Waals surface area contributed by atoms with E-state index in [1.165, 1.54) is 11.8 Å². The molecule has 0 radical (unpaired) electrons. The lowest BCUT2D eigenvalue weighted by Gasteiger charge is -2.30. The van der Waals surface area contributed by atoms with Gasteiger partial charge in [-0.15, -0.1) is 11.8 Å². The van der Waals surface area contributed by atoms with Gasteiger partial charge >= 0.3 is 0 Å². The topological polar surface area (TPSA) is 49.4 Å². The minimum atomic E-state index is -0.637. The summed E-state index contributed by atoms with van der Waals surface area (Å²) < 4.78 is 0. The molecule has 2 aromatic rings. The van der Waals surface area contributed by atoms with Crippen LogP contribution in [0.25, 0.3) is 0 Å². The molecule has 0 aliphatic rings. The van der Waals surface area contributed by atoms with Crippen molar-refractivity contribution in [3.05, 3.63) is 68.7 Å². The van der Waals surface area contributed by atoms with E-state index < -0.39 is 6.04 Å². The van der Waals surface area contributed by atoms with Gasteiger partial charge in [0.15, 0.2) is 0 Å². The fourth-order valence-electron chi connectivity index (χ4n) is 2.85. The molecule has 168 valence electrons. The summed E-state index contributed by atoms with van der Waals surface area (Å²) in [4.78, 5) is 27.4. The fraction of sp³-hybridized carbons (Fsp3) is 0.391. The molecule has 1 N–H and O–H groups in total. The molecule has 0 aromatic heterocycles. The third kappa shape index (κ3) is 7.60. The van der Waals surface area contributed by atoms with Crippen LogP contribution in [0.5, 0.6) is 0 Å². The molecular formula is C23H27Cl3N2O2S. The predicted octanol–water partition coefficient (Wildman–Crippen LogP) is 6.21. The summed E-state index contributed by atoms with van der Waals surface area (Å²) in [7, 11) is 0. The zero-order chi connectivity index (χ0) is 23.0. The van der Waals surface area contributed by atoms with Crippen LogP contribution >= 0.6 is 46.6 Å². The number of thioether (sulfide) groups is 1. The number of benzene rings is 2. The maximum atomic E-state index is 13.1. The van der Waals surface area contributed by atoms with Gasteiger partial charge in [0.2, 0.25) is 11.8 Å². The quantitative estimate of drug-likeness (QED) is 0.421. The van der Waals surface area contributed by atoms with Crippen LogP contribution in [-0.4, -0.2) is 34.6 Å². The Hall–Kier alpha value is -1.40. The van der Waals surface area contributed by atoms with Crippen molar-refractivity contribution in [3.63, 3.8) is 0 Å². The third-order valence-electron chi connectivity index (χ3n) is 5.00. The zero-order valence-electron chi connectivity index (χ0n) is 17.8. The molecule has 2 rings (SSSR count). The first kappa shape index (κ1) is 25.9. The monoisotopic (exact) mass is 500 g/mol. The molecule has 0 fully saturated rings. The number of nitrogens with zero attached hydrogens (tertiary/aromatic N) is 1. The Morgan fingerprint density at radius 2 is 1.61 bits per heavy atom. The number of halogens is 3. The maximum absolute atomic E-state index is 13.1. The van der Waals surface area contributed by atoms with E-state index in [1.54, 1.807) is 36.1 Å². The van der Waals surface area contributed by atoms with Gasteiger partial charge in [0.1, 0.15) is 6.04 Å². The summed E-state index contributed by atoms with van der Waals surface area (Å²) in [6, 6.07) is 12.1. The average molecular weight is 502 g/mol. The van der Waals surface area contributed by atoms with Gasteiger partial charge in [-0.1, -0.05) is 66.0 Å². The van der Waals surface area contributed by atoms with E-state index in [2.05, 4.69) is 5.32 Å². The molecule has 0 unspecified atom stereocenters. The number of amides is 2. The second kappa shape index (κ2) is 12.6. The Bertz CT molecular complexity index is 890. The first-order valence-corrected chi connectivity index (χ1v) is 12.4. The van der Waals surface area contributed by atoms with Gasteiger partial charge in [-0.3, -0.25) is 9.59 Å². The van der Waals surface area contributed by atoms with Crippen molar-refractivity contribution in [2.45, 2.75) is 51.6 Å². The molecule has 2 aromatic carbocycles. The van der Waals surface area contributed by atoms with Gasteiger partial charge < -0.3 is 10.2 Å². The first-order chi connectivity index (χ1) is 14.7. The maximum Gasteiger partial charge on any atom is 0.242 e. The number of carbonyl (C=O) groups excluding carboxylic acids is 2. The molecule has 0 saturated heterocycles. The molecule has 2 amide bonds. The Morgan fingerprint density at radius 3 is 2.23 bits per heavy atom. The van der Waals surface area contributed by atoms with Gasteiger partial charge in [0, 0.05) is 33.4 Å². The van der Waals surface area contributed by atoms with Crippen LogP contribution in [0.3, 0.4) is 0 Å². The molecule has 0 aliphatic carbocycles. The molecule has 0 heterocycles. The van der Waals surface area contributed by atoms with Crippen molar-refractivity contribution >= 4 is 58.4 Å². The lowest BCUT2D eigenvalue weighted by atomic mass is 10.1. The van der Waals surface area contributed by atoms with Crippen molar-refractivity contribution in [1.82, 2.24) is 10.2 Å². The van der Waals surface area contributed by atoms with Crippen LogP contribution in [0, 0.1) is 0 Å². The molecule has 0 aliphatic heterocycles. The number of nitrogens with one attached hydrogen (secondary N) is 1. The van der Waals surface area contributed by atoms with E-state index in [-0.39, 0.29) is 30.2 Å². The Kier molecular flexibility index (Phi) is 10.5. The third-order valence-corrected chi connectivity index (χ3v) is 7.02. The average Bonchev–Trinajstić information content (AvgIpc) is 2.74. The summed E-state index contributed by atoms with van der Waals surface area (Å²) in [5.41, 5.74) is 1.59. The van der Waals surface area contributed by atoms with Crippen LogP contribution < -0.4 is 5.32 Å². The van der Waals surface area contributed by atoms with E-state index in [0.29, 0.717) is 20.8 Å². The van der Waals surface area contributed by atoms with Crippen molar-refractivity contribution in [2.24, 2.45) is 0 Å². The van der Waals surface area contributed by atoms with E-state index >= 15 is 0 Å². The molecule has 0 spiro atoms. The second-order valence-corrected chi connectivity index (χ2v) is 9.51. The summed E-state index contributed by atoms with van der Waals surface area (Å²) in [6.45, 7) is 5.93. The minimum absolute atomic E-state index is 0.0314. The summed E-state index contributed by atoms with van der Waals surface area (Å²) in [6.07, 6.45) is 0.811. The highest BCUT2D eigenvalue weighted by molar-refractivity contribution is 7.99. The van der Waals surface area contributed by atoms with Crippen LogP contribution in [0.2, 0.25) is 15.1 Å². The van der Waals surface area contributed by atoms with Gasteiger partial charge in [0.05, 0.1) is 5.75 Å². The molecule has 0 saturated carbocycles. The van der Waals surface area contributed by atoms with E-state index in [1.807, 2.05) is 32.0 Å². The van der Waals surface area contributed by atoms with Crippen molar-refractivity contribution in [1.29, 1.82) is 0 Å². The van der Waals surface area contributed by atoms with Crippen LogP contribution in [0.15, 0.2) is 42.5 Å². The van der Waals surface area contributed by atoms with Crippen LogP contribution in [0.4, 0.5) is 0 Å². The number of hydrogen-bond donors (Lipinski definition) is 1. The smallest absolute Gasteiger partial charge is 0.242 e. The zero-order valence-corrected chi connectivity index (χ0v) is 20.9.